The minimum Gasteiger partial charge on any atom is -0.497 e. The fraction of sp³-hybridized carbons (Fsp3) is 0.333. The largest absolute Gasteiger partial charge is 0.497 e. The molecule has 1 aromatic heterocycles. The summed E-state index contributed by atoms with van der Waals surface area (Å²) in [5.74, 6) is 1.05. The first kappa shape index (κ1) is 15.8. The van der Waals surface area contributed by atoms with E-state index in [1.807, 2.05) is 30.3 Å². The lowest BCUT2D eigenvalue weighted by molar-refractivity contribution is 0.0900. The summed E-state index contributed by atoms with van der Waals surface area (Å²) in [5.41, 5.74) is 1.75. The van der Waals surface area contributed by atoms with Crippen molar-refractivity contribution in [3.05, 3.63) is 53.3 Å². The van der Waals surface area contributed by atoms with Crippen molar-refractivity contribution in [1.82, 2.24) is 4.98 Å². The van der Waals surface area contributed by atoms with Gasteiger partial charge in [0.15, 0.2) is 5.78 Å². The number of pyridine rings is 1. The molecule has 4 nitrogen and oxygen atoms in total. The number of anilines is 1. The van der Waals surface area contributed by atoms with E-state index in [-0.39, 0.29) is 11.7 Å². The highest BCUT2D eigenvalue weighted by atomic mass is 35.5. The van der Waals surface area contributed by atoms with Gasteiger partial charge in [-0.3, -0.25) is 9.78 Å². The summed E-state index contributed by atoms with van der Waals surface area (Å²) in [4.78, 5) is 18.9. The van der Waals surface area contributed by atoms with Gasteiger partial charge < -0.3 is 9.64 Å². The van der Waals surface area contributed by atoms with E-state index < -0.39 is 0 Å². The molecule has 120 valence electrons. The number of ether oxygens (including phenoxy) is 1. The van der Waals surface area contributed by atoms with Crippen LogP contribution in [0.3, 0.4) is 0 Å². The van der Waals surface area contributed by atoms with Crippen molar-refractivity contribution in [3.8, 4) is 5.75 Å². The number of Topliss-reactive ketones (excluding diaryl/α,β-unsaturated/α-hetero) is 1. The molecule has 1 aliphatic heterocycles. The zero-order valence-corrected chi connectivity index (χ0v) is 13.8. The maximum atomic E-state index is 12.6. The van der Waals surface area contributed by atoms with E-state index in [0.29, 0.717) is 5.02 Å². The molecule has 2 aromatic rings. The zero-order valence-electron chi connectivity index (χ0n) is 13.0. The van der Waals surface area contributed by atoms with Crippen LogP contribution in [-0.4, -0.2) is 31.0 Å². The number of hydrogen-bond acceptors (Lipinski definition) is 4. The smallest absolute Gasteiger partial charge is 0.166 e. The van der Waals surface area contributed by atoms with Crippen molar-refractivity contribution >= 4 is 23.1 Å². The van der Waals surface area contributed by atoms with Crippen molar-refractivity contribution in [1.29, 1.82) is 0 Å². The fourth-order valence-electron chi connectivity index (χ4n) is 3.00. The Balaban J connectivity index is 1.64. The number of rotatable bonds is 4. The summed E-state index contributed by atoms with van der Waals surface area (Å²) in [7, 11) is 1.62. The zero-order chi connectivity index (χ0) is 16.2. The van der Waals surface area contributed by atoms with Crippen LogP contribution in [0.25, 0.3) is 0 Å². The number of halogens is 1. The Bertz CT molecular complexity index is 680. The normalized spacial score (nSPS) is 15.5. The first-order valence-electron chi connectivity index (χ1n) is 7.72. The number of benzene rings is 1. The van der Waals surface area contributed by atoms with Gasteiger partial charge in [0.2, 0.25) is 0 Å². The molecule has 1 aromatic carbocycles. The third-order valence-electron chi connectivity index (χ3n) is 4.33. The number of nitrogens with zero attached hydrogens (tertiary/aromatic N) is 2. The second-order valence-electron chi connectivity index (χ2n) is 5.68. The van der Waals surface area contributed by atoms with E-state index >= 15 is 0 Å². The monoisotopic (exact) mass is 330 g/mol. The SMILES string of the molecule is COc1ccc(C(=O)C2CCN(c3ccncc3Cl)CC2)cc1. The number of carbonyl (C=O) groups is 1. The number of methoxy groups -OCH3 is 1. The van der Waals surface area contributed by atoms with E-state index in [1.54, 1.807) is 19.5 Å². The first-order chi connectivity index (χ1) is 11.2. The predicted octanol–water partition coefficient (Wildman–Crippen LogP) is 3.84. The Morgan fingerprint density at radius 3 is 2.52 bits per heavy atom. The molecule has 1 saturated heterocycles. The Morgan fingerprint density at radius 2 is 1.91 bits per heavy atom. The van der Waals surface area contributed by atoms with Gasteiger partial charge in [-0.15, -0.1) is 0 Å². The van der Waals surface area contributed by atoms with E-state index in [0.717, 1.165) is 42.9 Å². The molecule has 0 unspecified atom stereocenters. The molecular weight excluding hydrogens is 312 g/mol. The third-order valence-corrected chi connectivity index (χ3v) is 4.62. The van der Waals surface area contributed by atoms with E-state index in [4.69, 9.17) is 16.3 Å². The topological polar surface area (TPSA) is 42.4 Å². The van der Waals surface area contributed by atoms with Crippen molar-refractivity contribution in [2.75, 3.05) is 25.1 Å². The van der Waals surface area contributed by atoms with Crippen LogP contribution in [0.1, 0.15) is 23.2 Å². The molecule has 3 rings (SSSR count). The maximum Gasteiger partial charge on any atom is 0.166 e. The molecule has 0 atom stereocenters. The van der Waals surface area contributed by atoms with E-state index in [9.17, 15) is 4.79 Å². The highest BCUT2D eigenvalue weighted by molar-refractivity contribution is 6.33. The number of piperidine rings is 1. The maximum absolute atomic E-state index is 12.6. The van der Waals surface area contributed by atoms with Crippen LogP contribution < -0.4 is 9.64 Å². The van der Waals surface area contributed by atoms with Gasteiger partial charge in [-0.25, -0.2) is 0 Å². The summed E-state index contributed by atoms with van der Waals surface area (Å²) >= 11 is 6.20. The lowest BCUT2D eigenvalue weighted by atomic mass is 9.88. The molecule has 5 heteroatoms. The number of ketones is 1. The summed E-state index contributed by atoms with van der Waals surface area (Å²) in [6.45, 7) is 1.66. The van der Waals surface area contributed by atoms with Crippen molar-refractivity contribution in [3.63, 3.8) is 0 Å². The van der Waals surface area contributed by atoms with Crippen LogP contribution in [0.5, 0.6) is 5.75 Å². The Morgan fingerprint density at radius 1 is 1.22 bits per heavy atom. The highest BCUT2D eigenvalue weighted by Gasteiger charge is 2.26. The minimum atomic E-state index is 0.0697. The lowest BCUT2D eigenvalue weighted by Gasteiger charge is -2.33. The van der Waals surface area contributed by atoms with Gasteiger partial charge in [0.1, 0.15) is 5.75 Å². The highest BCUT2D eigenvalue weighted by Crippen LogP contribution is 2.30. The average molecular weight is 331 g/mol. The molecule has 0 N–H and O–H groups in total. The van der Waals surface area contributed by atoms with Crippen LogP contribution >= 0.6 is 11.6 Å². The second kappa shape index (κ2) is 7.01. The van der Waals surface area contributed by atoms with Gasteiger partial charge in [-0.1, -0.05) is 11.6 Å². The summed E-state index contributed by atoms with van der Waals surface area (Å²) in [6, 6.07) is 9.27. The second-order valence-corrected chi connectivity index (χ2v) is 6.09. The predicted molar refractivity (Wildman–Crippen MR) is 91.5 cm³/mol. The number of aromatic nitrogens is 1. The molecule has 0 aliphatic carbocycles. The standard InChI is InChI=1S/C18H19ClN2O2/c1-23-15-4-2-13(3-5-15)18(22)14-7-10-21(11-8-14)17-6-9-20-12-16(17)19/h2-6,9,12,14H,7-8,10-11H2,1H3. The number of carbonyl (C=O) groups excluding carboxylic acids is 1. The molecule has 0 bridgehead atoms. The molecule has 2 heterocycles. The van der Waals surface area contributed by atoms with Crippen LogP contribution in [0.4, 0.5) is 5.69 Å². The average Bonchev–Trinajstić information content (AvgIpc) is 2.62. The molecule has 1 fully saturated rings. The van der Waals surface area contributed by atoms with Crippen LogP contribution in [-0.2, 0) is 0 Å². The molecule has 1 aliphatic rings. The van der Waals surface area contributed by atoms with Gasteiger partial charge in [0.25, 0.3) is 0 Å². The van der Waals surface area contributed by atoms with Crippen molar-refractivity contribution in [2.45, 2.75) is 12.8 Å². The van der Waals surface area contributed by atoms with Gasteiger partial charge in [0.05, 0.1) is 17.8 Å². The molecule has 0 radical (unpaired) electrons. The Kier molecular flexibility index (Phi) is 4.82. The quantitative estimate of drug-likeness (QED) is 0.799. The van der Waals surface area contributed by atoms with Crippen LogP contribution in [0.2, 0.25) is 5.02 Å². The van der Waals surface area contributed by atoms with Gasteiger partial charge in [-0.05, 0) is 43.2 Å². The Labute approximate surface area is 141 Å². The molecule has 0 saturated carbocycles. The van der Waals surface area contributed by atoms with Gasteiger partial charge in [0, 0.05) is 37.0 Å². The summed E-state index contributed by atoms with van der Waals surface area (Å²) < 4.78 is 5.13. The molecular formula is C18H19ClN2O2. The third kappa shape index (κ3) is 3.48. The minimum absolute atomic E-state index is 0.0697. The fourth-order valence-corrected chi connectivity index (χ4v) is 3.24. The van der Waals surface area contributed by atoms with Crippen LogP contribution in [0, 0.1) is 5.92 Å². The summed E-state index contributed by atoms with van der Waals surface area (Å²) in [6.07, 6.45) is 5.08. The Hall–Kier alpha value is -2.07. The van der Waals surface area contributed by atoms with Crippen molar-refractivity contribution < 1.29 is 9.53 Å². The van der Waals surface area contributed by atoms with Gasteiger partial charge >= 0.3 is 0 Å². The van der Waals surface area contributed by atoms with Crippen molar-refractivity contribution in [2.24, 2.45) is 5.92 Å². The van der Waals surface area contributed by atoms with Crippen LogP contribution in [0.15, 0.2) is 42.7 Å². The number of hydrogen-bond donors (Lipinski definition) is 0. The first-order valence-corrected chi connectivity index (χ1v) is 8.09. The van der Waals surface area contributed by atoms with E-state index in [1.165, 1.54) is 0 Å². The lowest BCUT2D eigenvalue weighted by Crippen LogP contribution is -2.36. The van der Waals surface area contributed by atoms with E-state index in [2.05, 4.69) is 9.88 Å². The molecule has 23 heavy (non-hydrogen) atoms. The summed E-state index contributed by atoms with van der Waals surface area (Å²) in [5, 5.41) is 0.660. The molecule has 0 amide bonds. The van der Waals surface area contributed by atoms with Gasteiger partial charge in [-0.2, -0.15) is 0 Å². The molecule has 0 spiro atoms.